The number of nitrogens with zero attached hydrogens (tertiary/aromatic N) is 1. The summed E-state index contributed by atoms with van der Waals surface area (Å²) in [6, 6.07) is 9.97. The summed E-state index contributed by atoms with van der Waals surface area (Å²) < 4.78 is 12.9. The first-order valence-electron chi connectivity index (χ1n) is 9.83. The highest BCUT2D eigenvalue weighted by Crippen LogP contribution is 2.27. The van der Waals surface area contributed by atoms with Gasteiger partial charge in [-0.15, -0.1) is 0 Å². The molecule has 1 aliphatic rings. The zero-order valence-electron chi connectivity index (χ0n) is 15.7. The Balaban J connectivity index is 1.85. The second kappa shape index (κ2) is 9.90. The van der Waals surface area contributed by atoms with Crippen molar-refractivity contribution >= 4 is 11.4 Å². The third kappa shape index (κ3) is 5.99. The van der Waals surface area contributed by atoms with E-state index in [2.05, 4.69) is 48.5 Å². The molecule has 2 atom stereocenters. The summed E-state index contributed by atoms with van der Waals surface area (Å²) in [6.07, 6.45) is 9.81. The molecule has 0 aliphatic heterocycles. The largest absolute Gasteiger partial charge is 0.382 e. The first-order chi connectivity index (χ1) is 11.6. The van der Waals surface area contributed by atoms with Crippen molar-refractivity contribution in [3.05, 3.63) is 24.3 Å². The van der Waals surface area contributed by atoms with Crippen LogP contribution in [0.4, 0.5) is 15.8 Å². The SMILES string of the molecule is CCC(CCCC(C)F)Nc1ccc(N(C)C2CCCCC2)cc1. The van der Waals surface area contributed by atoms with Gasteiger partial charge in [0.1, 0.15) is 0 Å². The molecule has 1 fully saturated rings. The third-order valence-electron chi connectivity index (χ3n) is 5.42. The summed E-state index contributed by atoms with van der Waals surface area (Å²) in [7, 11) is 2.23. The van der Waals surface area contributed by atoms with Crippen molar-refractivity contribution < 1.29 is 4.39 Å². The molecule has 2 rings (SSSR count). The molecule has 0 spiro atoms. The fourth-order valence-electron chi connectivity index (χ4n) is 3.73. The highest BCUT2D eigenvalue weighted by atomic mass is 19.1. The first kappa shape index (κ1) is 19.1. The van der Waals surface area contributed by atoms with E-state index in [-0.39, 0.29) is 0 Å². The normalized spacial score (nSPS) is 18.2. The number of benzene rings is 1. The van der Waals surface area contributed by atoms with E-state index in [9.17, 15) is 4.39 Å². The molecule has 1 aromatic rings. The molecule has 2 unspecified atom stereocenters. The van der Waals surface area contributed by atoms with Gasteiger partial charge in [0.15, 0.2) is 0 Å². The Morgan fingerprint density at radius 1 is 1.12 bits per heavy atom. The fraction of sp³-hybridized carbons (Fsp3) is 0.714. The van der Waals surface area contributed by atoms with Gasteiger partial charge in [-0.05, 0) is 69.7 Å². The highest BCUT2D eigenvalue weighted by molar-refractivity contribution is 5.55. The summed E-state index contributed by atoms with van der Waals surface area (Å²) in [4.78, 5) is 2.45. The van der Waals surface area contributed by atoms with Gasteiger partial charge in [-0.1, -0.05) is 26.2 Å². The quantitative estimate of drug-likeness (QED) is 0.580. The summed E-state index contributed by atoms with van der Waals surface area (Å²) in [5.74, 6) is 0. The number of halogens is 1. The zero-order chi connectivity index (χ0) is 17.4. The van der Waals surface area contributed by atoms with Gasteiger partial charge in [0.25, 0.3) is 0 Å². The molecular formula is C21H35FN2. The maximum Gasteiger partial charge on any atom is 0.0973 e. The van der Waals surface area contributed by atoms with Crippen molar-refractivity contribution in [1.29, 1.82) is 0 Å². The zero-order valence-corrected chi connectivity index (χ0v) is 15.7. The van der Waals surface area contributed by atoms with E-state index in [0.717, 1.165) is 19.3 Å². The number of hydrogen-bond donors (Lipinski definition) is 1. The van der Waals surface area contributed by atoms with Gasteiger partial charge < -0.3 is 10.2 Å². The molecule has 0 saturated heterocycles. The summed E-state index contributed by atoms with van der Waals surface area (Å²) >= 11 is 0. The van der Waals surface area contributed by atoms with Gasteiger partial charge in [0.05, 0.1) is 6.17 Å². The van der Waals surface area contributed by atoms with Crippen LogP contribution < -0.4 is 10.2 Å². The maximum absolute atomic E-state index is 12.9. The lowest BCUT2D eigenvalue weighted by Gasteiger charge is -2.33. The fourth-order valence-corrected chi connectivity index (χ4v) is 3.73. The standard InChI is InChI=1S/C21H35FN2/c1-4-18(10-8-9-17(2)22)23-19-13-15-21(16-14-19)24(3)20-11-6-5-7-12-20/h13-18,20,23H,4-12H2,1-3H3. The van der Waals surface area contributed by atoms with Gasteiger partial charge in [-0.2, -0.15) is 0 Å². The minimum absolute atomic E-state index is 0.436. The molecule has 0 amide bonds. The van der Waals surface area contributed by atoms with E-state index in [1.165, 1.54) is 43.5 Å². The van der Waals surface area contributed by atoms with Crippen LogP contribution in [0.15, 0.2) is 24.3 Å². The van der Waals surface area contributed by atoms with Crippen LogP contribution in [0.2, 0.25) is 0 Å². The van der Waals surface area contributed by atoms with Crippen LogP contribution in [0.25, 0.3) is 0 Å². The maximum atomic E-state index is 12.9. The van der Waals surface area contributed by atoms with E-state index >= 15 is 0 Å². The molecule has 136 valence electrons. The molecule has 0 bridgehead atoms. The van der Waals surface area contributed by atoms with E-state index < -0.39 is 6.17 Å². The number of alkyl halides is 1. The molecule has 1 aliphatic carbocycles. The van der Waals surface area contributed by atoms with Crippen LogP contribution in [0.3, 0.4) is 0 Å². The van der Waals surface area contributed by atoms with Gasteiger partial charge >= 0.3 is 0 Å². The Kier molecular flexibility index (Phi) is 7.87. The summed E-state index contributed by atoms with van der Waals surface area (Å²) in [5, 5.41) is 3.61. The Hall–Kier alpha value is -1.25. The molecule has 0 aromatic heterocycles. The monoisotopic (exact) mass is 334 g/mol. The number of anilines is 2. The highest BCUT2D eigenvalue weighted by Gasteiger charge is 2.18. The average molecular weight is 335 g/mol. The van der Waals surface area contributed by atoms with Crippen molar-refractivity contribution in [1.82, 2.24) is 0 Å². The number of hydrogen-bond acceptors (Lipinski definition) is 2. The van der Waals surface area contributed by atoms with Gasteiger partial charge in [0, 0.05) is 30.5 Å². The molecule has 1 aromatic carbocycles. The lowest BCUT2D eigenvalue weighted by Crippen LogP contribution is -2.33. The van der Waals surface area contributed by atoms with Crippen molar-refractivity contribution in [3.8, 4) is 0 Å². The van der Waals surface area contributed by atoms with Crippen LogP contribution in [0, 0.1) is 0 Å². The molecule has 2 nitrogen and oxygen atoms in total. The molecular weight excluding hydrogens is 299 g/mol. The molecule has 3 heteroatoms. The van der Waals surface area contributed by atoms with Crippen LogP contribution in [0.1, 0.15) is 71.6 Å². The Bertz CT molecular complexity index is 451. The number of nitrogens with one attached hydrogen (secondary N) is 1. The van der Waals surface area contributed by atoms with Crippen molar-refractivity contribution in [2.75, 3.05) is 17.3 Å². The Labute approximate surface area is 147 Å². The van der Waals surface area contributed by atoms with Crippen molar-refractivity contribution in [2.24, 2.45) is 0 Å². The average Bonchev–Trinajstić information content (AvgIpc) is 2.61. The van der Waals surface area contributed by atoms with E-state index in [1.54, 1.807) is 6.92 Å². The molecule has 1 N–H and O–H groups in total. The minimum atomic E-state index is -0.683. The van der Waals surface area contributed by atoms with E-state index in [0.29, 0.717) is 18.5 Å². The van der Waals surface area contributed by atoms with Gasteiger partial charge in [-0.25, -0.2) is 4.39 Å². The molecule has 1 saturated carbocycles. The van der Waals surface area contributed by atoms with Gasteiger partial charge in [-0.3, -0.25) is 0 Å². The lowest BCUT2D eigenvalue weighted by atomic mass is 9.94. The predicted molar refractivity (Wildman–Crippen MR) is 104 cm³/mol. The summed E-state index contributed by atoms with van der Waals surface area (Å²) in [6.45, 7) is 3.84. The van der Waals surface area contributed by atoms with Crippen LogP contribution in [-0.4, -0.2) is 25.3 Å². The first-order valence-corrected chi connectivity index (χ1v) is 9.83. The molecule has 24 heavy (non-hydrogen) atoms. The summed E-state index contributed by atoms with van der Waals surface area (Å²) in [5.41, 5.74) is 2.49. The number of rotatable bonds is 9. The topological polar surface area (TPSA) is 15.3 Å². The van der Waals surface area contributed by atoms with Crippen LogP contribution in [-0.2, 0) is 0 Å². The van der Waals surface area contributed by atoms with E-state index in [4.69, 9.17) is 0 Å². The molecule has 0 radical (unpaired) electrons. The van der Waals surface area contributed by atoms with Crippen LogP contribution in [0.5, 0.6) is 0 Å². The van der Waals surface area contributed by atoms with Crippen molar-refractivity contribution in [2.45, 2.75) is 89.9 Å². The van der Waals surface area contributed by atoms with Crippen LogP contribution >= 0.6 is 0 Å². The third-order valence-corrected chi connectivity index (χ3v) is 5.42. The minimum Gasteiger partial charge on any atom is -0.382 e. The molecule has 0 heterocycles. The smallest absolute Gasteiger partial charge is 0.0973 e. The Morgan fingerprint density at radius 2 is 1.79 bits per heavy atom. The lowest BCUT2D eigenvalue weighted by molar-refractivity contribution is 0.328. The predicted octanol–water partition coefficient (Wildman–Crippen LogP) is 6.17. The van der Waals surface area contributed by atoms with Gasteiger partial charge in [0.2, 0.25) is 0 Å². The van der Waals surface area contributed by atoms with E-state index in [1.807, 2.05) is 0 Å². The second-order valence-corrected chi connectivity index (χ2v) is 7.41. The Morgan fingerprint density at radius 3 is 2.38 bits per heavy atom. The second-order valence-electron chi connectivity index (χ2n) is 7.41. The van der Waals surface area contributed by atoms with Crippen molar-refractivity contribution in [3.63, 3.8) is 0 Å².